The molecule has 2 N–H and O–H groups in total. The van der Waals surface area contributed by atoms with E-state index in [0.717, 1.165) is 5.56 Å². The van der Waals surface area contributed by atoms with Gasteiger partial charge >= 0.3 is 0 Å². The number of nitrogens with one attached hydrogen (secondary N) is 2. The maximum atomic E-state index is 12.9. The summed E-state index contributed by atoms with van der Waals surface area (Å²) in [4.78, 5) is 49.2. The van der Waals surface area contributed by atoms with Crippen LogP contribution >= 0.6 is 0 Å². The molecule has 3 aliphatic rings. The van der Waals surface area contributed by atoms with Gasteiger partial charge in [0.2, 0.25) is 17.7 Å². The zero-order valence-electron chi connectivity index (χ0n) is 13.3. The zero-order valence-corrected chi connectivity index (χ0v) is 13.3. The summed E-state index contributed by atoms with van der Waals surface area (Å²) in [5.74, 6) is -2.10. The molecule has 1 aromatic carbocycles. The highest BCUT2D eigenvalue weighted by atomic mass is 19.1. The number of amides is 4. The molecule has 0 aromatic heterocycles. The van der Waals surface area contributed by atoms with Gasteiger partial charge in [0.25, 0.3) is 5.91 Å². The van der Waals surface area contributed by atoms with E-state index in [1.807, 2.05) is 0 Å². The van der Waals surface area contributed by atoms with Gasteiger partial charge in [0.1, 0.15) is 12.2 Å². The average molecular weight is 345 g/mol. The van der Waals surface area contributed by atoms with Crippen LogP contribution < -0.4 is 10.6 Å². The minimum absolute atomic E-state index is 0.198. The van der Waals surface area contributed by atoms with Crippen LogP contribution in [0.1, 0.15) is 35.2 Å². The van der Waals surface area contributed by atoms with Gasteiger partial charge in [-0.2, -0.15) is 0 Å². The summed E-state index contributed by atoms with van der Waals surface area (Å²) in [6.07, 6.45) is -0.352. The van der Waals surface area contributed by atoms with Crippen LogP contribution in [0, 0.1) is 5.92 Å². The van der Waals surface area contributed by atoms with Gasteiger partial charge in [-0.1, -0.05) is 6.07 Å². The summed E-state index contributed by atoms with van der Waals surface area (Å²) in [5, 5.41) is 4.87. The number of nitrogens with zero attached hydrogens (tertiary/aromatic N) is 1. The average Bonchev–Trinajstić information content (AvgIpc) is 3.22. The lowest BCUT2D eigenvalue weighted by Crippen LogP contribution is -2.52. The lowest BCUT2D eigenvalue weighted by Gasteiger charge is -2.29. The maximum absolute atomic E-state index is 12.9. The summed E-state index contributed by atoms with van der Waals surface area (Å²) < 4.78 is 12.9. The number of rotatable bonds is 3. The van der Waals surface area contributed by atoms with Crippen molar-refractivity contribution in [3.05, 3.63) is 29.3 Å². The van der Waals surface area contributed by atoms with Crippen LogP contribution in [-0.2, 0) is 20.9 Å². The number of imide groups is 1. The molecule has 1 aromatic rings. The van der Waals surface area contributed by atoms with Crippen LogP contribution in [-0.4, -0.2) is 40.7 Å². The maximum Gasteiger partial charge on any atom is 0.255 e. The highest BCUT2D eigenvalue weighted by Gasteiger charge is 2.44. The molecule has 0 radical (unpaired) electrons. The normalized spacial score (nSPS) is 27.8. The van der Waals surface area contributed by atoms with Crippen LogP contribution in [0.15, 0.2) is 18.2 Å². The molecule has 2 fully saturated rings. The van der Waals surface area contributed by atoms with Crippen LogP contribution in [0.3, 0.4) is 0 Å². The van der Waals surface area contributed by atoms with Crippen molar-refractivity contribution in [1.29, 1.82) is 0 Å². The predicted octanol–water partition coefficient (Wildman–Crippen LogP) is 0.744. The number of hydrogen-bond acceptors (Lipinski definition) is 4. The Kier molecular flexibility index (Phi) is 3.55. The molecule has 3 atom stereocenters. The predicted molar refractivity (Wildman–Crippen MR) is 84.1 cm³/mol. The van der Waals surface area contributed by atoms with Crippen molar-refractivity contribution >= 4 is 29.3 Å². The second-order valence-electron chi connectivity index (χ2n) is 6.62. The lowest BCUT2D eigenvalue weighted by molar-refractivity contribution is -0.137. The molecule has 2 heterocycles. The number of alkyl halides is 1. The standard InChI is InChI=1S/C17H16FN3O4/c18-12-6-11(12)15(23)19-9-2-1-8-7-21(17(25)10(8)5-9)13-3-4-14(22)20-16(13)24/h1-2,5,11-13H,3-4,6-7H2,(H,19,23)(H,20,22,24)/t11-,12-,13?/m1/s1. The molecular weight excluding hydrogens is 329 g/mol. The third kappa shape index (κ3) is 2.77. The van der Waals surface area contributed by atoms with Crippen LogP contribution in [0.25, 0.3) is 0 Å². The summed E-state index contributed by atoms with van der Waals surface area (Å²) >= 11 is 0. The number of fused-ring (bicyclic) bond motifs is 1. The number of piperidine rings is 1. The van der Waals surface area contributed by atoms with Crippen molar-refractivity contribution < 1.29 is 23.6 Å². The van der Waals surface area contributed by atoms with Gasteiger partial charge in [-0.15, -0.1) is 0 Å². The van der Waals surface area contributed by atoms with E-state index in [1.165, 1.54) is 4.90 Å². The molecule has 4 rings (SSSR count). The van der Waals surface area contributed by atoms with E-state index in [2.05, 4.69) is 10.6 Å². The molecule has 1 saturated carbocycles. The molecule has 1 aliphatic carbocycles. The van der Waals surface area contributed by atoms with Crippen molar-refractivity contribution in [3.63, 3.8) is 0 Å². The topological polar surface area (TPSA) is 95.6 Å². The Morgan fingerprint density at radius 2 is 2.04 bits per heavy atom. The quantitative estimate of drug-likeness (QED) is 0.790. The lowest BCUT2D eigenvalue weighted by atomic mass is 10.0. The molecule has 2 aliphatic heterocycles. The van der Waals surface area contributed by atoms with Gasteiger partial charge in [0.05, 0.1) is 5.92 Å². The Labute approximate surface area is 142 Å². The number of hydrogen-bond donors (Lipinski definition) is 2. The monoisotopic (exact) mass is 345 g/mol. The van der Waals surface area contributed by atoms with Gasteiger partial charge in [0, 0.05) is 24.2 Å². The number of carbonyl (C=O) groups is 4. The highest BCUT2D eigenvalue weighted by molar-refractivity contribution is 6.06. The first-order valence-corrected chi connectivity index (χ1v) is 8.16. The molecule has 25 heavy (non-hydrogen) atoms. The van der Waals surface area contributed by atoms with E-state index in [9.17, 15) is 23.6 Å². The molecule has 0 spiro atoms. The number of carbonyl (C=O) groups excluding carboxylic acids is 4. The van der Waals surface area contributed by atoms with Gasteiger partial charge in [-0.3, -0.25) is 24.5 Å². The Morgan fingerprint density at radius 1 is 1.28 bits per heavy atom. The third-order valence-corrected chi connectivity index (χ3v) is 4.85. The molecule has 8 heteroatoms. The first kappa shape index (κ1) is 15.7. The van der Waals surface area contributed by atoms with Gasteiger partial charge in [0.15, 0.2) is 0 Å². The van der Waals surface area contributed by atoms with Crippen LogP contribution in [0.4, 0.5) is 10.1 Å². The van der Waals surface area contributed by atoms with Crippen molar-refractivity contribution in [2.45, 2.75) is 38.0 Å². The van der Waals surface area contributed by atoms with Gasteiger partial charge in [-0.25, -0.2) is 4.39 Å². The fraction of sp³-hybridized carbons (Fsp3) is 0.412. The Morgan fingerprint density at radius 3 is 2.72 bits per heavy atom. The Bertz CT molecular complexity index is 809. The van der Waals surface area contributed by atoms with E-state index in [0.29, 0.717) is 17.7 Å². The van der Waals surface area contributed by atoms with E-state index < -0.39 is 24.0 Å². The second kappa shape index (κ2) is 5.65. The summed E-state index contributed by atoms with van der Waals surface area (Å²) in [7, 11) is 0. The van der Waals surface area contributed by atoms with Gasteiger partial charge < -0.3 is 10.2 Å². The third-order valence-electron chi connectivity index (χ3n) is 4.85. The van der Waals surface area contributed by atoms with Crippen molar-refractivity contribution in [2.24, 2.45) is 5.92 Å². The second-order valence-corrected chi connectivity index (χ2v) is 6.62. The van der Waals surface area contributed by atoms with Crippen molar-refractivity contribution in [2.75, 3.05) is 5.32 Å². The molecule has 130 valence electrons. The molecule has 4 amide bonds. The molecule has 1 saturated heterocycles. The Hall–Kier alpha value is -2.77. The van der Waals surface area contributed by atoms with Gasteiger partial charge in [-0.05, 0) is 30.5 Å². The first-order chi connectivity index (χ1) is 11.9. The number of anilines is 1. The molecule has 0 bridgehead atoms. The smallest absolute Gasteiger partial charge is 0.255 e. The van der Waals surface area contributed by atoms with Crippen LogP contribution in [0.2, 0.25) is 0 Å². The SMILES string of the molecule is O=C1CCC(N2Cc3ccc(NC(=O)[C@@H]4C[C@H]4F)cc3C2=O)C(=O)N1. The summed E-state index contributed by atoms with van der Waals surface area (Å²) in [6.45, 7) is 0.282. The number of benzene rings is 1. The van der Waals surface area contributed by atoms with E-state index in [4.69, 9.17) is 0 Å². The molecule has 7 nitrogen and oxygen atoms in total. The fourth-order valence-corrected chi connectivity index (χ4v) is 3.30. The molecule has 1 unspecified atom stereocenters. The Balaban J connectivity index is 1.50. The summed E-state index contributed by atoms with van der Waals surface area (Å²) in [5.41, 5.74) is 1.60. The van der Waals surface area contributed by atoms with Crippen LogP contribution in [0.5, 0.6) is 0 Å². The molecular formula is C17H16FN3O4. The van der Waals surface area contributed by atoms with E-state index >= 15 is 0 Å². The van der Waals surface area contributed by atoms with Crippen molar-refractivity contribution in [1.82, 2.24) is 10.2 Å². The minimum atomic E-state index is -1.08. The zero-order chi connectivity index (χ0) is 17.7. The fourth-order valence-electron chi connectivity index (χ4n) is 3.30. The summed E-state index contributed by atoms with van der Waals surface area (Å²) in [6, 6.07) is 4.26. The van der Waals surface area contributed by atoms with E-state index in [1.54, 1.807) is 18.2 Å². The van der Waals surface area contributed by atoms with E-state index in [-0.39, 0.29) is 37.1 Å². The van der Waals surface area contributed by atoms with Crippen molar-refractivity contribution in [3.8, 4) is 0 Å². The first-order valence-electron chi connectivity index (χ1n) is 8.16. The highest BCUT2D eigenvalue weighted by Crippen LogP contribution is 2.35. The largest absolute Gasteiger partial charge is 0.326 e. The minimum Gasteiger partial charge on any atom is -0.326 e. The number of halogens is 1.